The Morgan fingerprint density at radius 3 is 2.63 bits per heavy atom. The third-order valence-corrected chi connectivity index (χ3v) is 5.57. The molecule has 1 aliphatic carbocycles. The van der Waals surface area contributed by atoms with Crippen molar-refractivity contribution in [3.8, 4) is 22.9 Å². The summed E-state index contributed by atoms with van der Waals surface area (Å²) in [6.45, 7) is 2.16. The Morgan fingerprint density at radius 2 is 2.00 bits per heavy atom. The minimum Gasteiger partial charge on any atom is -0.494 e. The van der Waals surface area contributed by atoms with Gasteiger partial charge in [0.25, 0.3) is 6.01 Å². The van der Waals surface area contributed by atoms with E-state index in [4.69, 9.17) is 21.1 Å². The second-order valence-corrected chi connectivity index (χ2v) is 7.13. The second-order valence-electron chi connectivity index (χ2n) is 6.76. The number of ether oxygens (including phenoxy) is 2. The lowest BCUT2D eigenvalue weighted by Crippen LogP contribution is -2.12. The molecule has 4 rings (SSSR count). The molecule has 0 bridgehead atoms. The number of pyridine rings is 1. The zero-order valence-corrected chi connectivity index (χ0v) is 16.3. The number of hydrogen-bond donors (Lipinski definition) is 0. The van der Waals surface area contributed by atoms with Crippen molar-refractivity contribution in [2.75, 3.05) is 14.2 Å². The van der Waals surface area contributed by atoms with Crippen LogP contribution >= 0.6 is 11.6 Å². The maximum Gasteiger partial charge on any atom is 0.298 e. The molecule has 142 valence electrons. The van der Waals surface area contributed by atoms with Crippen LogP contribution in [-0.4, -0.2) is 28.8 Å². The van der Waals surface area contributed by atoms with Gasteiger partial charge in [-0.2, -0.15) is 4.98 Å². The second kappa shape index (κ2) is 7.00. The molecule has 1 aromatic carbocycles. The highest BCUT2D eigenvalue weighted by molar-refractivity contribution is 6.34. The van der Waals surface area contributed by atoms with Gasteiger partial charge in [-0.05, 0) is 43.4 Å². The predicted molar refractivity (Wildman–Crippen MR) is 103 cm³/mol. The van der Waals surface area contributed by atoms with Crippen LogP contribution in [0.4, 0.5) is 4.39 Å². The summed E-state index contributed by atoms with van der Waals surface area (Å²) in [5.41, 5.74) is 2.65. The number of fused-ring (bicyclic) bond motifs is 1. The fourth-order valence-corrected chi connectivity index (χ4v) is 3.99. The lowest BCUT2D eigenvalue weighted by molar-refractivity contribution is 0.322. The number of benzene rings is 1. The van der Waals surface area contributed by atoms with Gasteiger partial charge in [0.2, 0.25) is 0 Å². The Labute approximate surface area is 162 Å². The molecule has 27 heavy (non-hydrogen) atoms. The summed E-state index contributed by atoms with van der Waals surface area (Å²) in [7, 11) is 3.02. The lowest BCUT2D eigenvalue weighted by atomic mass is 10.0. The SMILES string of the molecule is CCC(C1CC1)n1c(OC)nc2c(-c3ccc(OC)c(F)c3Cl)ccnc21. The monoisotopic (exact) mass is 389 g/mol. The smallest absolute Gasteiger partial charge is 0.298 e. The van der Waals surface area contributed by atoms with E-state index in [1.165, 1.54) is 20.0 Å². The van der Waals surface area contributed by atoms with Gasteiger partial charge in [-0.25, -0.2) is 9.37 Å². The Balaban J connectivity index is 1.94. The predicted octanol–water partition coefficient (Wildman–Crippen LogP) is 5.27. The summed E-state index contributed by atoms with van der Waals surface area (Å²) in [4.78, 5) is 9.23. The van der Waals surface area contributed by atoms with Crippen LogP contribution in [0.3, 0.4) is 0 Å². The van der Waals surface area contributed by atoms with Gasteiger partial charge in [0.1, 0.15) is 5.52 Å². The van der Waals surface area contributed by atoms with E-state index in [0.717, 1.165) is 12.1 Å². The minimum atomic E-state index is -0.586. The fraction of sp³-hybridized carbons (Fsp3) is 0.400. The van der Waals surface area contributed by atoms with Gasteiger partial charge in [-0.15, -0.1) is 0 Å². The van der Waals surface area contributed by atoms with E-state index in [-0.39, 0.29) is 16.8 Å². The summed E-state index contributed by atoms with van der Waals surface area (Å²) in [5.74, 6) is 0.142. The number of hydrogen-bond acceptors (Lipinski definition) is 4. The summed E-state index contributed by atoms with van der Waals surface area (Å²) < 4.78 is 27.1. The van der Waals surface area contributed by atoms with Crippen LogP contribution in [0.5, 0.6) is 11.8 Å². The molecule has 0 saturated heterocycles. The first-order valence-corrected chi connectivity index (χ1v) is 9.41. The van der Waals surface area contributed by atoms with Gasteiger partial charge in [0.05, 0.1) is 19.2 Å². The van der Waals surface area contributed by atoms with Crippen molar-refractivity contribution in [1.29, 1.82) is 0 Å². The van der Waals surface area contributed by atoms with Crippen LogP contribution in [0.2, 0.25) is 5.02 Å². The van der Waals surface area contributed by atoms with Crippen molar-refractivity contribution < 1.29 is 13.9 Å². The molecule has 3 aromatic rings. The maximum absolute atomic E-state index is 14.5. The maximum atomic E-state index is 14.5. The van der Waals surface area contributed by atoms with Gasteiger partial charge < -0.3 is 9.47 Å². The Kier molecular flexibility index (Phi) is 4.68. The summed E-state index contributed by atoms with van der Waals surface area (Å²) in [5, 5.41) is 0.00426. The molecule has 1 fully saturated rings. The lowest BCUT2D eigenvalue weighted by Gasteiger charge is -2.18. The van der Waals surface area contributed by atoms with E-state index >= 15 is 0 Å². The van der Waals surface area contributed by atoms with Crippen molar-refractivity contribution in [3.63, 3.8) is 0 Å². The zero-order chi connectivity index (χ0) is 19.1. The van der Waals surface area contributed by atoms with Gasteiger partial charge in [0.15, 0.2) is 17.2 Å². The average molecular weight is 390 g/mol. The molecule has 5 nitrogen and oxygen atoms in total. The molecule has 7 heteroatoms. The zero-order valence-electron chi connectivity index (χ0n) is 15.5. The third kappa shape index (κ3) is 2.92. The van der Waals surface area contributed by atoms with Crippen LogP contribution in [-0.2, 0) is 0 Å². The van der Waals surface area contributed by atoms with Gasteiger partial charge in [-0.1, -0.05) is 18.5 Å². The van der Waals surface area contributed by atoms with Crippen molar-refractivity contribution in [3.05, 3.63) is 35.2 Å². The topological polar surface area (TPSA) is 49.2 Å². The largest absolute Gasteiger partial charge is 0.494 e. The molecular formula is C20H21ClFN3O2. The Bertz CT molecular complexity index is 1000. The van der Waals surface area contributed by atoms with Crippen LogP contribution < -0.4 is 9.47 Å². The summed E-state index contributed by atoms with van der Waals surface area (Å²) in [6, 6.07) is 5.91. The summed E-state index contributed by atoms with van der Waals surface area (Å²) in [6.07, 6.45) is 5.08. The van der Waals surface area contributed by atoms with Crippen LogP contribution in [0.25, 0.3) is 22.3 Å². The van der Waals surface area contributed by atoms with Crippen LogP contribution in [0, 0.1) is 11.7 Å². The first kappa shape index (κ1) is 18.0. The normalized spacial score (nSPS) is 15.1. The molecular weight excluding hydrogens is 369 g/mol. The Hall–Kier alpha value is -2.34. The number of nitrogens with zero attached hydrogens (tertiary/aromatic N) is 3. The number of rotatable bonds is 6. The molecule has 1 unspecified atom stereocenters. The first-order valence-electron chi connectivity index (χ1n) is 9.04. The van der Waals surface area contributed by atoms with Crippen molar-refractivity contribution in [2.45, 2.75) is 32.2 Å². The Morgan fingerprint density at radius 1 is 1.22 bits per heavy atom. The van der Waals surface area contributed by atoms with Crippen LogP contribution in [0.1, 0.15) is 32.2 Å². The van der Waals surface area contributed by atoms with E-state index in [1.54, 1.807) is 31.5 Å². The molecule has 0 spiro atoms. The van der Waals surface area contributed by atoms with E-state index in [9.17, 15) is 4.39 Å². The standard InChI is InChI=1S/C20H21ClFN3O2/c1-4-14(11-5-6-11)25-19-18(24-20(25)27-3)13(9-10-23-19)12-7-8-15(26-2)17(22)16(12)21/h7-11,14H,4-6H2,1-3H3. The average Bonchev–Trinajstić information content (AvgIpc) is 3.45. The highest BCUT2D eigenvalue weighted by atomic mass is 35.5. The molecule has 2 heterocycles. The van der Waals surface area contributed by atoms with E-state index < -0.39 is 5.82 Å². The number of aromatic nitrogens is 3. The van der Waals surface area contributed by atoms with E-state index in [0.29, 0.717) is 28.6 Å². The summed E-state index contributed by atoms with van der Waals surface area (Å²) >= 11 is 6.30. The molecule has 0 radical (unpaired) electrons. The van der Waals surface area contributed by atoms with Crippen molar-refractivity contribution in [1.82, 2.24) is 14.5 Å². The minimum absolute atomic E-state index is 0.00426. The van der Waals surface area contributed by atoms with E-state index in [2.05, 4.69) is 21.5 Å². The van der Waals surface area contributed by atoms with Gasteiger partial charge >= 0.3 is 0 Å². The molecule has 1 atom stereocenters. The first-order chi connectivity index (χ1) is 13.1. The van der Waals surface area contributed by atoms with E-state index in [1.807, 2.05) is 0 Å². The van der Waals surface area contributed by atoms with Crippen LogP contribution in [0.15, 0.2) is 24.4 Å². The molecule has 0 amide bonds. The van der Waals surface area contributed by atoms with Gasteiger partial charge in [0, 0.05) is 23.4 Å². The van der Waals surface area contributed by atoms with Gasteiger partial charge in [-0.3, -0.25) is 4.57 Å². The third-order valence-electron chi connectivity index (χ3n) is 5.20. The molecule has 0 N–H and O–H groups in total. The highest BCUT2D eigenvalue weighted by Crippen LogP contribution is 2.45. The molecule has 0 aliphatic heterocycles. The van der Waals surface area contributed by atoms with Crippen molar-refractivity contribution in [2.24, 2.45) is 5.92 Å². The number of imidazole rings is 1. The van der Waals surface area contributed by atoms with Crippen molar-refractivity contribution >= 4 is 22.8 Å². The molecule has 1 saturated carbocycles. The molecule has 1 aliphatic rings. The number of halogens is 2. The highest BCUT2D eigenvalue weighted by Gasteiger charge is 2.34. The number of methoxy groups -OCH3 is 2. The quantitative estimate of drug-likeness (QED) is 0.576. The fourth-order valence-electron chi connectivity index (χ4n) is 3.73. The molecule has 2 aromatic heterocycles.